The van der Waals surface area contributed by atoms with Gasteiger partial charge in [0.2, 0.25) is 10.0 Å². The Bertz CT molecular complexity index is 670. The molecule has 2 atom stereocenters. The predicted octanol–water partition coefficient (Wildman–Crippen LogP) is 1.74. The molecule has 0 radical (unpaired) electrons. The number of hydrogen-bond acceptors (Lipinski definition) is 4. The monoisotopic (exact) mass is 306 g/mol. The molecule has 0 aliphatic heterocycles. The maximum Gasteiger partial charge on any atom is 0.242 e. The minimum absolute atomic E-state index is 0.0696. The van der Waals surface area contributed by atoms with Gasteiger partial charge in [0.05, 0.1) is 6.04 Å². The van der Waals surface area contributed by atoms with E-state index >= 15 is 0 Å². The normalized spacial score (nSPS) is 23.0. The fourth-order valence-electron chi connectivity index (χ4n) is 2.82. The highest BCUT2D eigenvalue weighted by Gasteiger charge is 2.30. The van der Waals surface area contributed by atoms with Crippen molar-refractivity contribution in [3.05, 3.63) is 43.0 Å². The van der Waals surface area contributed by atoms with Crippen LogP contribution in [0.4, 0.5) is 0 Å². The van der Waals surface area contributed by atoms with Gasteiger partial charge >= 0.3 is 0 Å². The highest BCUT2D eigenvalue weighted by molar-refractivity contribution is 7.89. The second-order valence-corrected chi connectivity index (χ2v) is 6.97. The van der Waals surface area contributed by atoms with E-state index in [1.54, 1.807) is 24.5 Å². The molecule has 0 saturated heterocycles. The van der Waals surface area contributed by atoms with Gasteiger partial charge in [0.15, 0.2) is 0 Å². The van der Waals surface area contributed by atoms with E-state index in [1.807, 2.05) is 16.9 Å². The summed E-state index contributed by atoms with van der Waals surface area (Å²) in [5, 5.41) is 4.26. The molecule has 1 aliphatic carbocycles. The van der Waals surface area contributed by atoms with Crippen molar-refractivity contribution >= 4 is 10.0 Å². The number of rotatable bonds is 4. The highest BCUT2D eigenvalue weighted by Crippen LogP contribution is 2.29. The molecule has 0 bridgehead atoms. The molecule has 2 aromatic rings. The van der Waals surface area contributed by atoms with Crippen LogP contribution >= 0.6 is 0 Å². The van der Waals surface area contributed by atoms with Gasteiger partial charge in [0.25, 0.3) is 0 Å². The van der Waals surface area contributed by atoms with Crippen LogP contribution < -0.4 is 4.72 Å². The van der Waals surface area contributed by atoms with Crippen molar-refractivity contribution in [1.82, 2.24) is 19.5 Å². The van der Waals surface area contributed by atoms with Gasteiger partial charge in [-0.05, 0) is 31.0 Å². The fraction of sp³-hybridized carbons (Fsp3) is 0.429. The van der Waals surface area contributed by atoms with Crippen molar-refractivity contribution in [1.29, 1.82) is 0 Å². The fourth-order valence-corrected chi connectivity index (χ4v) is 4.08. The molecule has 1 fully saturated rings. The van der Waals surface area contributed by atoms with Crippen LogP contribution in [0, 0.1) is 0 Å². The third-order valence-corrected chi connectivity index (χ3v) is 5.32. The summed E-state index contributed by atoms with van der Waals surface area (Å²) in [5.41, 5.74) is 0. The van der Waals surface area contributed by atoms with Gasteiger partial charge in [-0.2, -0.15) is 5.10 Å². The summed E-state index contributed by atoms with van der Waals surface area (Å²) in [6, 6.07) is 4.98. The highest BCUT2D eigenvalue weighted by atomic mass is 32.2. The van der Waals surface area contributed by atoms with Crippen LogP contribution in [0.15, 0.2) is 47.9 Å². The van der Waals surface area contributed by atoms with Gasteiger partial charge in [-0.15, -0.1) is 0 Å². The maximum absolute atomic E-state index is 12.4. The summed E-state index contributed by atoms with van der Waals surface area (Å²) in [6.07, 6.45) is 10.4. The zero-order chi connectivity index (χ0) is 14.7. The zero-order valence-corrected chi connectivity index (χ0v) is 12.4. The van der Waals surface area contributed by atoms with E-state index in [0.29, 0.717) is 0 Å². The molecule has 112 valence electrons. The van der Waals surface area contributed by atoms with Gasteiger partial charge in [-0.1, -0.05) is 12.8 Å². The lowest BCUT2D eigenvalue weighted by atomic mass is 9.91. The van der Waals surface area contributed by atoms with Gasteiger partial charge in [-0.3, -0.25) is 9.67 Å². The molecule has 0 spiro atoms. The van der Waals surface area contributed by atoms with Crippen molar-refractivity contribution < 1.29 is 8.42 Å². The minimum Gasteiger partial charge on any atom is -0.268 e. The van der Waals surface area contributed by atoms with Crippen LogP contribution in [0.1, 0.15) is 31.7 Å². The topological polar surface area (TPSA) is 76.9 Å². The van der Waals surface area contributed by atoms with E-state index in [9.17, 15) is 8.42 Å². The number of aromatic nitrogens is 3. The maximum atomic E-state index is 12.4. The lowest BCUT2D eigenvalue weighted by Gasteiger charge is -2.32. The Morgan fingerprint density at radius 3 is 2.76 bits per heavy atom. The summed E-state index contributed by atoms with van der Waals surface area (Å²) < 4.78 is 29.5. The van der Waals surface area contributed by atoms with Gasteiger partial charge in [0.1, 0.15) is 4.90 Å². The molecule has 0 aromatic carbocycles. The quantitative estimate of drug-likeness (QED) is 0.933. The molecule has 6 nitrogen and oxygen atoms in total. The van der Waals surface area contributed by atoms with Gasteiger partial charge in [0, 0.05) is 30.8 Å². The Hall–Kier alpha value is -1.73. The first kappa shape index (κ1) is 14.2. The van der Waals surface area contributed by atoms with Crippen LogP contribution in [-0.2, 0) is 10.0 Å². The molecule has 1 N–H and O–H groups in total. The van der Waals surface area contributed by atoms with Crippen LogP contribution in [0.25, 0.3) is 0 Å². The van der Waals surface area contributed by atoms with E-state index in [0.717, 1.165) is 25.7 Å². The molecule has 3 rings (SSSR count). The second-order valence-electron chi connectivity index (χ2n) is 5.25. The third-order valence-electron chi connectivity index (χ3n) is 3.85. The van der Waals surface area contributed by atoms with Crippen molar-refractivity contribution in [3.8, 4) is 0 Å². The molecule has 1 aliphatic rings. The van der Waals surface area contributed by atoms with E-state index < -0.39 is 10.0 Å². The molecule has 0 amide bonds. The van der Waals surface area contributed by atoms with E-state index in [-0.39, 0.29) is 17.0 Å². The van der Waals surface area contributed by atoms with Crippen molar-refractivity contribution in [2.24, 2.45) is 0 Å². The number of pyridine rings is 1. The first-order valence-corrected chi connectivity index (χ1v) is 8.56. The smallest absolute Gasteiger partial charge is 0.242 e. The van der Waals surface area contributed by atoms with Crippen LogP contribution in [-0.4, -0.2) is 29.2 Å². The second kappa shape index (κ2) is 5.95. The standard InChI is InChI=1S/C14H18N4O2S/c19-21(20,12-5-3-8-15-11-12)17-13-6-1-2-7-14(13)18-10-4-9-16-18/h3-5,8-11,13-14,17H,1-2,6-7H2/t13-,14-/m1/s1. The van der Waals surface area contributed by atoms with Crippen molar-refractivity contribution in [3.63, 3.8) is 0 Å². The lowest BCUT2D eigenvalue weighted by molar-refractivity contribution is 0.270. The molecule has 7 heteroatoms. The molecule has 2 aromatic heterocycles. The number of nitrogens with one attached hydrogen (secondary N) is 1. The van der Waals surface area contributed by atoms with Gasteiger partial charge in [-0.25, -0.2) is 13.1 Å². The van der Waals surface area contributed by atoms with Crippen LogP contribution in [0.2, 0.25) is 0 Å². The van der Waals surface area contributed by atoms with Crippen LogP contribution in [0.3, 0.4) is 0 Å². The third kappa shape index (κ3) is 3.14. The van der Waals surface area contributed by atoms with E-state index in [4.69, 9.17) is 0 Å². The molecular weight excluding hydrogens is 288 g/mol. The Morgan fingerprint density at radius 1 is 1.19 bits per heavy atom. The van der Waals surface area contributed by atoms with Crippen LogP contribution in [0.5, 0.6) is 0 Å². The lowest BCUT2D eigenvalue weighted by Crippen LogP contribution is -2.43. The number of sulfonamides is 1. The van der Waals surface area contributed by atoms with Crippen molar-refractivity contribution in [2.75, 3.05) is 0 Å². The Morgan fingerprint density at radius 2 is 2.05 bits per heavy atom. The first-order valence-electron chi connectivity index (χ1n) is 7.08. The average molecular weight is 306 g/mol. The zero-order valence-electron chi connectivity index (χ0n) is 11.6. The number of hydrogen-bond donors (Lipinski definition) is 1. The SMILES string of the molecule is O=S(=O)(N[C@@H]1CCCC[C@H]1n1cccn1)c1cccnc1. The Balaban J connectivity index is 1.82. The predicted molar refractivity (Wildman–Crippen MR) is 78.1 cm³/mol. The van der Waals surface area contributed by atoms with Gasteiger partial charge < -0.3 is 0 Å². The molecule has 2 heterocycles. The largest absolute Gasteiger partial charge is 0.268 e. The first-order chi connectivity index (χ1) is 10.2. The summed E-state index contributed by atoms with van der Waals surface area (Å²) in [6.45, 7) is 0. The minimum atomic E-state index is -3.54. The summed E-state index contributed by atoms with van der Waals surface area (Å²) in [7, 11) is -3.54. The average Bonchev–Trinajstić information content (AvgIpc) is 3.02. The summed E-state index contributed by atoms with van der Waals surface area (Å²) >= 11 is 0. The summed E-state index contributed by atoms with van der Waals surface area (Å²) in [5.74, 6) is 0. The Labute approximate surface area is 124 Å². The van der Waals surface area contributed by atoms with Crippen molar-refractivity contribution in [2.45, 2.75) is 42.7 Å². The van der Waals surface area contributed by atoms with E-state index in [2.05, 4.69) is 14.8 Å². The molecule has 1 saturated carbocycles. The summed E-state index contributed by atoms with van der Waals surface area (Å²) in [4.78, 5) is 4.08. The molecular formula is C14H18N4O2S. The molecule has 0 unspecified atom stereocenters. The van der Waals surface area contributed by atoms with E-state index in [1.165, 1.54) is 6.20 Å². The Kier molecular flexibility index (Phi) is 4.03. The molecule has 21 heavy (non-hydrogen) atoms. The number of nitrogens with zero attached hydrogens (tertiary/aromatic N) is 3.